The zero-order chi connectivity index (χ0) is 16.3. The van der Waals surface area contributed by atoms with Crippen LogP contribution >= 0.6 is 0 Å². The zero-order valence-electron chi connectivity index (χ0n) is 13.8. The predicted molar refractivity (Wildman–Crippen MR) is 93.4 cm³/mol. The number of unbranched alkanes of at least 4 members (excludes halogenated alkanes) is 9. The highest BCUT2D eigenvalue weighted by Crippen LogP contribution is 2.06. The van der Waals surface area contributed by atoms with Crippen LogP contribution in [-0.4, -0.2) is 11.1 Å². The molecule has 0 aromatic heterocycles. The van der Waals surface area contributed by atoms with Crippen LogP contribution in [0.4, 0.5) is 0 Å². The van der Waals surface area contributed by atoms with Gasteiger partial charge in [0.25, 0.3) is 0 Å². The zero-order valence-corrected chi connectivity index (χ0v) is 13.8. The second kappa shape index (κ2) is 17.4. The second-order valence-electron chi connectivity index (χ2n) is 5.40. The van der Waals surface area contributed by atoms with Crippen LogP contribution in [0.25, 0.3) is 0 Å². The summed E-state index contributed by atoms with van der Waals surface area (Å²) in [5.74, 6) is 11.9. The molecule has 0 amide bonds. The van der Waals surface area contributed by atoms with Gasteiger partial charge in [0, 0.05) is 32.1 Å². The van der Waals surface area contributed by atoms with E-state index in [1.165, 1.54) is 25.7 Å². The van der Waals surface area contributed by atoms with Crippen LogP contribution in [0, 0.1) is 23.7 Å². The van der Waals surface area contributed by atoms with Crippen LogP contribution < -0.4 is 0 Å². The van der Waals surface area contributed by atoms with Crippen LogP contribution in [-0.2, 0) is 4.79 Å². The van der Waals surface area contributed by atoms with Gasteiger partial charge in [-0.1, -0.05) is 25.3 Å². The third kappa shape index (κ3) is 18.3. The van der Waals surface area contributed by atoms with Crippen molar-refractivity contribution in [1.82, 2.24) is 0 Å². The summed E-state index contributed by atoms with van der Waals surface area (Å²) >= 11 is 0. The molecular weight excluding hydrogens is 272 g/mol. The van der Waals surface area contributed by atoms with Crippen LogP contribution in [0.15, 0.2) is 12.7 Å². The van der Waals surface area contributed by atoms with Gasteiger partial charge in [0.15, 0.2) is 0 Å². The predicted octanol–water partition coefficient (Wildman–Crippen LogP) is 5.34. The van der Waals surface area contributed by atoms with E-state index in [4.69, 9.17) is 5.11 Å². The molecule has 2 heteroatoms. The second-order valence-corrected chi connectivity index (χ2v) is 5.40. The molecule has 0 unspecified atom stereocenters. The molecule has 22 heavy (non-hydrogen) atoms. The third-order valence-corrected chi connectivity index (χ3v) is 3.26. The molecule has 0 heterocycles. The number of allylic oxidation sites excluding steroid dienone is 1. The van der Waals surface area contributed by atoms with Crippen molar-refractivity contribution in [2.45, 2.75) is 83.5 Å². The average molecular weight is 302 g/mol. The molecule has 0 fully saturated rings. The fourth-order valence-corrected chi connectivity index (χ4v) is 1.97. The maximum atomic E-state index is 10.3. The van der Waals surface area contributed by atoms with Gasteiger partial charge < -0.3 is 5.11 Å². The Kier molecular flexibility index (Phi) is 16.1. The fraction of sp³-hybridized carbons (Fsp3) is 0.650. The molecule has 0 radical (unpaired) electrons. The van der Waals surface area contributed by atoms with E-state index in [-0.39, 0.29) is 6.42 Å². The van der Waals surface area contributed by atoms with E-state index in [0.717, 1.165) is 38.5 Å². The summed E-state index contributed by atoms with van der Waals surface area (Å²) in [5, 5.41) is 8.48. The maximum absolute atomic E-state index is 10.3. The molecule has 0 bridgehead atoms. The quantitative estimate of drug-likeness (QED) is 0.300. The van der Waals surface area contributed by atoms with Crippen molar-refractivity contribution in [2.24, 2.45) is 0 Å². The highest BCUT2D eigenvalue weighted by Gasteiger charge is 1.93. The minimum atomic E-state index is -0.733. The first-order valence-electron chi connectivity index (χ1n) is 8.51. The van der Waals surface area contributed by atoms with Gasteiger partial charge in [-0.25, -0.2) is 0 Å². The molecule has 0 aromatic carbocycles. The molecule has 0 aromatic rings. The van der Waals surface area contributed by atoms with Gasteiger partial charge in [0.1, 0.15) is 0 Å². The van der Waals surface area contributed by atoms with E-state index < -0.39 is 5.97 Å². The molecule has 0 spiro atoms. The van der Waals surface area contributed by atoms with E-state index in [0.29, 0.717) is 12.8 Å². The molecule has 0 aliphatic rings. The summed E-state index contributed by atoms with van der Waals surface area (Å²) in [6, 6.07) is 0. The lowest BCUT2D eigenvalue weighted by molar-refractivity contribution is -0.137. The van der Waals surface area contributed by atoms with Gasteiger partial charge in [0.2, 0.25) is 0 Å². The first-order chi connectivity index (χ1) is 10.8. The van der Waals surface area contributed by atoms with Crippen molar-refractivity contribution in [3.05, 3.63) is 12.7 Å². The Bertz CT molecular complexity index is 401. The van der Waals surface area contributed by atoms with Gasteiger partial charge in [-0.15, -0.1) is 30.3 Å². The summed E-state index contributed by atoms with van der Waals surface area (Å²) in [5.41, 5.74) is 0. The normalized spacial score (nSPS) is 9.27. The van der Waals surface area contributed by atoms with Crippen molar-refractivity contribution >= 4 is 5.97 Å². The topological polar surface area (TPSA) is 37.3 Å². The smallest absolute Gasteiger partial charge is 0.303 e. The number of carboxylic acid groups (broad SMARTS) is 1. The molecule has 0 saturated carbocycles. The summed E-state index contributed by atoms with van der Waals surface area (Å²) in [7, 11) is 0. The van der Waals surface area contributed by atoms with Crippen molar-refractivity contribution in [2.75, 3.05) is 0 Å². The Labute approximate surface area is 136 Å². The maximum Gasteiger partial charge on any atom is 0.303 e. The number of aliphatic carboxylic acids is 1. The SMILES string of the molecule is C=CCCCC#CCCCCCCCC#CCCCC(=O)O. The lowest BCUT2D eigenvalue weighted by Crippen LogP contribution is -1.92. The van der Waals surface area contributed by atoms with Gasteiger partial charge in [-0.2, -0.15) is 0 Å². The highest BCUT2D eigenvalue weighted by molar-refractivity contribution is 5.66. The van der Waals surface area contributed by atoms with Crippen LogP contribution in [0.5, 0.6) is 0 Å². The molecule has 0 saturated heterocycles. The summed E-state index contributed by atoms with van der Waals surface area (Å²) in [6.45, 7) is 3.70. The van der Waals surface area contributed by atoms with Crippen molar-refractivity contribution in [1.29, 1.82) is 0 Å². The largest absolute Gasteiger partial charge is 0.481 e. The Balaban J connectivity index is 3.21. The Hall–Kier alpha value is -1.67. The summed E-state index contributed by atoms with van der Waals surface area (Å²) in [6.07, 6.45) is 14.8. The minimum absolute atomic E-state index is 0.228. The van der Waals surface area contributed by atoms with Gasteiger partial charge in [0.05, 0.1) is 0 Å². The van der Waals surface area contributed by atoms with Gasteiger partial charge >= 0.3 is 5.97 Å². The Morgan fingerprint density at radius 2 is 1.23 bits per heavy atom. The molecular formula is C20H30O2. The molecule has 0 atom stereocenters. The Morgan fingerprint density at radius 3 is 1.73 bits per heavy atom. The molecule has 2 nitrogen and oxygen atoms in total. The molecule has 0 aliphatic carbocycles. The van der Waals surface area contributed by atoms with E-state index in [1.54, 1.807) is 0 Å². The number of carboxylic acids is 1. The first-order valence-corrected chi connectivity index (χ1v) is 8.51. The van der Waals surface area contributed by atoms with Gasteiger partial charge in [-0.05, 0) is 32.1 Å². The molecule has 122 valence electrons. The van der Waals surface area contributed by atoms with Crippen molar-refractivity contribution in [3.8, 4) is 23.7 Å². The molecule has 1 N–H and O–H groups in total. The van der Waals surface area contributed by atoms with Crippen LogP contribution in [0.2, 0.25) is 0 Å². The standard InChI is InChI=1S/C20H30O2/c1-2-3-4-5-6-7-8-9-10-11-12-13-14-15-16-17-18-19-20(21)22/h2H,1,3-5,8-14,17-19H2,(H,21,22). The van der Waals surface area contributed by atoms with E-state index in [9.17, 15) is 4.79 Å². The van der Waals surface area contributed by atoms with E-state index >= 15 is 0 Å². The molecule has 0 aliphatic heterocycles. The molecule has 0 rings (SSSR count). The fourth-order valence-electron chi connectivity index (χ4n) is 1.97. The summed E-state index contributed by atoms with van der Waals surface area (Å²) in [4.78, 5) is 10.3. The van der Waals surface area contributed by atoms with Gasteiger partial charge in [-0.3, -0.25) is 4.79 Å². The lowest BCUT2D eigenvalue weighted by atomic mass is 10.1. The van der Waals surface area contributed by atoms with Crippen molar-refractivity contribution < 1.29 is 9.90 Å². The minimum Gasteiger partial charge on any atom is -0.481 e. The third-order valence-electron chi connectivity index (χ3n) is 3.26. The monoisotopic (exact) mass is 302 g/mol. The number of rotatable bonds is 12. The first kappa shape index (κ1) is 20.3. The van der Waals surface area contributed by atoms with Crippen LogP contribution in [0.1, 0.15) is 83.5 Å². The lowest BCUT2D eigenvalue weighted by Gasteiger charge is -1.96. The number of hydrogen-bond acceptors (Lipinski definition) is 1. The average Bonchev–Trinajstić information content (AvgIpc) is 2.50. The number of carbonyl (C=O) groups is 1. The van der Waals surface area contributed by atoms with Crippen molar-refractivity contribution in [3.63, 3.8) is 0 Å². The summed E-state index contributed by atoms with van der Waals surface area (Å²) < 4.78 is 0. The number of hydrogen-bond donors (Lipinski definition) is 1. The van der Waals surface area contributed by atoms with E-state index in [1.807, 2.05) is 6.08 Å². The van der Waals surface area contributed by atoms with Crippen LogP contribution in [0.3, 0.4) is 0 Å². The Morgan fingerprint density at radius 1 is 0.773 bits per heavy atom. The van der Waals surface area contributed by atoms with E-state index in [2.05, 4.69) is 30.3 Å². The highest BCUT2D eigenvalue weighted by atomic mass is 16.4.